The van der Waals surface area contributed by atoms with Gasteiger partial charge in [-0.2, -0.15) is 0 Å². The highest BCUT2D eigenvalue weighted by Crippen LogP contribution is 2.36. The lowest BCUT2D eigenvalue weighted by Crippen LogP contribution is -2.58. The van der Waals surface area contributed by atoms with Gasteiger partial charge in [-0.15, -0.1) is 0 Å². The molecule has 0 aromatic heterocycles. The fourth-order valence-corrected chi connectivity index (χ4v) is 3.55. The van der Waals surface area contributed by atoms with Gasteiger partial charge in [-0.3, -0.25) is 4.90 Å². The Morgan fingerprint density at radius 2 is 2.05 bits per heavy atom. The van der Waals surface area contributed by atoms with Gasteiger partial charge in [0.15, 0.2) is 0 Å². The molecule has 1 aromatic rings. The predicted molar refractivity (Wildman–Crippen MR) is 86.5 cm³/mol. The molecule has 3 rings (SSSR count). The summed E-state index contributed by atoms with van der Waals surface area (Å²) < 4.78 is 5.22. The van der Waals surface area contributed by atoms with Gasteiger partial charge in [0, 0.05) is 45.4 Å². The summed E-state index contributed by atoms with van der Waals surface area (Å²) in [5.41, 5.74) is 1.44. The monoisotopic (exact) mass is 288 g/mol. The lowest BCUT2D eigenvalue weighted by atomic mass is 9.99. The first-order valence-corrected chi connectivity index (χ1v) is 8.37. The van der Waals surface area contributed by atoms with Gasteiger partial charge in [0.1, 0.15) is 0 Å². The molecule has 3 nitrogen and oxygen atoms in total. The second-order valence-electron chi connectivity index (χ2n) is 6.54. The summed E-state index contributed by atoms with van der Waals surface area (Å²) in [7, 11) is 1.80. The molecular formula is C18H28N2O. The Bertz CT molecular complexity index is 418. The van der Waals surface area contributed by atoms with Crippen LogP contribution in [0.4, 0.5) is 0 Å². The van der Waals surface area contributed by atoms with Crippen LogP contribution in [0.1, 0.15) is 24.8 Å². The third-order valence-electron chi connectivity index (χ3n) is 4.82. The molecule has 1 aromatic carbocycles. The number of piperazine rings is 1. The van der Waals surface area contributed by atoms with Crippen LogP contribution in [-0.4, -0.2) is 50.3 Å². The summed E-state index contributed by atoms with van der Waals surface area (Å²) >= 11 is 0. The Hall–Kier alpha value is -0.900. The molecule has 21 heavy (non-hydrogen) atoms. The minimum atomic E-state index is 0.588. The van der Waals surface area contributed by atoms with Crippen molar-refractivity contribution in [3.8, 4) is 0 Å². The van der Waals surface area contributed by atoms with Gasteiger partial charge < -0.3 is 10.1 Å². The van der Waals surface area contributed by atoms with Crippen molar-refractivity contribution in [2.45, 2.75) is 37.8 Å². The SMILES string of the molecule is COCCCN1CC(Cc2ccccc2)NCC1C1CC1. The van der Waals surface area contributed by atoms with Crippen molar-refractivity contribution in [1.82, 2.24) is 10.2 Å². The number of rotatable bonds is 7. The van der Waals surface area contributed by atoms with Crippen molar-refractivity contribution in [1.29, 1.82) is 0 Å². The molecule has 1 heterocycles. The lowest BCUT2D eigenvalue weighted by molar-refractivity contribution is 0.0981. The molecule has 0 amide bonds. The molecule has 116 valence electrons. The van der Waals surface area contributed by atoms with Crippen LogP contribution < -0.4 is 5.32 Å². The average molecular weight is 288 g/mol. The summed E-state index contributed by atoms with van der Waals surface area (Å²) in [4.78, 5) is 2.72. The maximum Gasteiger partial charge on any atom is 0.0474 e. The summed E-state index contributed by atoms with van der Waals surface area (Å²) in [6.07, 6.45) is 5.14. The molecular weight excluding hydrogens is 260 g/mol. The Labute approximate surface area is 128 Å². The standard InChI is InChI=1S/C18H28N2O/c1-21-11-5-10-20-14-17(12-15-6-3-2-4-7-15)19-13-18(20)16-8-9-16/h2-4,6-7,16-19H,5,8-14H2,1H3. The van der Waals surface area contributed by atoms with Gasteiger partial charge in [0.05, 0.1) is 0 Å². The van der Waals surface area contributed by atoms with Gasteiger partial charge in [0.2, 0.25) is 0 Å². The second-order valence-corrected chi connectivity index (χ2v) is 6.54. The zero-order chi connectivity index (χ0) is 14.5. The van der Waals surface area contributed by atoms with E-state index in [4.69, 9.17) is 4.74 Å². The van der Waals surface area contributed by atoms with Crippen LogP contribution in [0.2, 0.25) is 0 Å². The number of hydrogen-bond acceptors (Lipinski definition) is 3. The van der Waals surface area contributed by atoms with Crippen LogP contribution in [0.5, 0.6) is 0 Å². The van der Waals surface area contributed by atoms with Crippen LogP contribution in [0, 0.1) is 5.92 Å². The molecule has 1 aliphatic heterocycles. The second kappa shape index (κ2) is 7.39. The van der Waals surface area contributed by atoms with Crippen LogP contribution >= 0.6 is 0 Å². The van der Waals surface area contributed by atoms with Gasteiger partial charge in [-0.05, 0) is 37.2 Å². The average Bonchev–Trinajstić information content (AvgIpc) is 3.34. The van der Waals surface area contributed by atoms with Crippen LogP contribution in [0.15, 0.2) is 30.3 Å². The summed E-state index contributed by atoms with van der Waals surface area (Å²) in [5, 5.41) is 3.79. The number of hydrogen-bond donors (Lipinski definition) is 1. The van der Waals surface area contributed by atoms with Crippen molar-refractivity contribution < 1.29 is 4.74 Å². The maximum absolute atomic E-state index is 5.22. The van der Waals surface area contributed by atoms with E-state index in [-0.39, 0.29) is 0 Å². The highest BCUT2D eigenvalue weighted by atomic mass is 16.5. The first kappa shape index (κ1) is 15.0. The van der Waals surface area contributed by atoms with E-state index in [2.05, 4.69) is 40.5 Å². The lowest BCUT2D eigenvalue weighted by Gasteiger charge is -2.41. The minimum Gasteiger partial charge on any atom is -0.385 e. The Balaban J connectivity index is 1.55. The third kappa shape index (κ3) is 4.29. The van der Waals surface area contributed by atoms with Crippen LogP contribution in [0.25, 0.3) is 0 Å². The van der Waals surface area contributed by atoms with E-state index in [1.165, 1.54) is 31.5 Å². The molecule has 3 heteroatoms. The van der Waals surface area contributed by atoms with Crippen LogP contribution in [0.3, 0.4) is 0 Å². The molecule has 2 unspecified atom stereocenters. The molecule has 0 radical (unpaired) electrons. The van der Waals surface area contributed by atoms with Crippen molar-refractivity contribution in [3.63, 3.8) is 0 Å². The van der Waals surface area contributed by atoms with Crippen molar-refractivity contribution in [3.05, 3.63) is 35.9 Å². The third-order valence-corrected chi connectivity index (χ3v) is 4.82. The summed E-state index contributed by atoms with van der Waals surface area (Å²) in [6, 6.07) is 12.2. The molecule has 2 fully saturated rings. The maximum atomic E-state index is 5.22. The van der Waals surface area contributed by atoms with E-state index in [1.807, 2.05) is 0 Å². The molecule has 2 aliphatic rings. The van der Waals surface area contributed by atoms with E-state index < -0.39 is 0 Å². The van der Waals surface area contributed by atoms with Gasteiger partial charge in [0.25, 0.3) is 0 Å². The summed E-state index contributed by atoms with van der Waals surface area (Å²) in [6.45, 7) is 4.40. The Morgan fingerprint density at radius 3 is 2.76 bits per heavy atom. The van der Waals surface area contributed by atoms with Crippen LogP contribution in [-0.2, 0) is 11.2 Å². The highest BCUT2D eigenvalue weighted by Gasteiger charge is 2.38. The van der Waals surface area contributed by atoms with E-state index in [9.17, 15) is 0 Å². The number of nitrogens with zero attached hydrogens (tertiary/aromatic N) is 1. The van der Waals surface area contributed by atoms with Crippen molar-refractivity contribution >= 4 is 0 Å². The fourth-order valence-electron chi connectivity index (χ4n) is 3.55. The Morgan fingerprint density at radius 1 is 1.24 bits per heavy atom. The number of nitrogens with one attached hydrogen (secondary N) is 1. The first-order chi connectivity index (χ1) is 10.4. The van der Waals surface area contributed by atoms with Crippen molar-refractivity contribution in [2.24, 2.45) is 5.92 Å². The van der Waals surface area contributed by atoms with E-state index >= 15 is 0 Å². The van der Waals surface area contributed by atoms with E-state index in [0.717, 1.165) is 38.0 Å². The topological polar surface area (TPSA) is 24.5 Å². The molecule has 1 aliphatic carbocycles. The molecule has 1 saturated heterocycles. The quantitative estimate of drug-likeness (QED) is 0.779. The highest BCUT2D eigenvalue weighted by molar-refractivity contribution is 5.16. The molecule has 1 N–H and O–H groups in total. The normalized spacial score (nSPS) is 26.9. The van der Waals surface area contributed by atoms with E-state index in [0.29, 0.717) is 6.04 Å². The van der Waals surface area contributed by atoms with Gasteiger partial charge in [-0.25, -0.2) is 0 Å². The number of benzene rings is 1. The number of methoxy groups -OCH3 is 1. The summed E-state index contributed by atoms with van der Waals surface area (Å²) in [5.74, 6) is 0.942. The fraction of sp³-hybridized carbons (Fsp3) is 0.667. The minimum absolute atomic E-state index is 0.588. The van der Waals surface area contributed by atoms with Crippen molar-refractivity contribution in [2.75, 3.05) is 33.4 Å². The molecule has 0 spiro atoms. The zero-order valence-electron chi connectivity index (χ0n) is 13.1. The predicted octanol–water partition coefficient (Wildman–Crippen LogP) is 2.32. The number of ether oxygens (including phenoxy) is 1. The van der Waals surface area contributed by atoms with Gasteiger partial charge >= 0.3 is 0 Å². The molecule has 2 atom stereocenters. The van der Waals surface area contributed by atoms with E-state index in [1.54, 1.807) is 7.11 Å². The largest absolute Gasteiger partial charge is 0.385 e. The molecule has 0 bridgehead atoms. The smallest absolute Gasteiger partial charge is 0.0474 e. The van der Waals surface area contributed by atoms with Gasteiger partial charge in [-0.1, -0.05) is 30.3 Å². The zero-order valence-corrected chi connectivity index (χ0v) is 13.1. The molecule has 1 saturated carbocycles. The first-order valence-electron chi connectivity index (χ1n) is 8.37. The Kier molecular flexibility index (Phi) is 5.28.